The molecule has 0 unspecified atom stereocenters. The molecule has 3 nitrogen and oxygen atoms in total. The molecule has 0 radical (unpaired) electrons. The Labute approximate surface area is 127 Å². The van der Waals surface area contributed by atoms with Crippen LogP contribution in [0.2, 0.25) is 0 Å². The predicted molar refractivity (Wildman–Crippen MR) is 90.1 cm³/mol. The van der Waals surface area contributed by atoms with Gasteiger partial charge in [-0.25, -0.2) is 0 Å². The first-order valence-electron chi connectivity index (χ1n) is 7.48. The van der Waals surface area contributed by atoms with E-state index in [0.717, 1.165) is 30.8 Å². The maximum Gasteiger partial charge on any atom is 0.144 e. The van der Waals surface area contributed by atoms with Gasteiger partial charge in [-0.1, -0.05) is 30.3 Å². The number of anilines is 2. The van der Waals surface area contributed by atoms with Gasteiger partial charge in [0, 0.05) is 25.3 Å². The van der Waals surface area contributed by atoms with Crippen molar-refractivity contribution in [1.29, 1.82) is 0 Å². The second-order valence-electron chi connectivity index (χ2n) is 5.17. The highest BCUT2D eigenvalue weighted by Crippen LogP contribution is 2.27. The number of nitrogens with two attached hydrogens (primary N) is 1. The monoisotopic (exact) mass is 284 g/mol. The maximum absolute atomic E-state index is 5.91. The first-order valence-corrected chi connectivity index (χ1v) is 7.48. The molecule has 0 amide bonds. The first-order chi connectivity index (χ1) is 10.2. The average Bonchev–Trinajstić information content (AvgIpc) is 2.50. The maximum atomic E-state index is 5.91. The van der Waals surface area contributed by atoms with Crippen LogP contribution >= 0.6 is 0 Å². The second kappa shape index (κ2) is 7.58. The molecule has 0 atom stereocenters. The van der Waals surface area contributed by atoms with E-state index in [1.807, 2.05) is 25.1 Å². The number of aryl methyl sites for hydroxylation is 1. The molecule has 3 heteroatoms. The predicted octanol–water partition coefficient (Wildman–Crippen LogP) is 3.74. The molecule has 0 spiro atoms. The Morgan fingerprint density at radius 1 is 1.10 bits per heavy atom. The normalized spacial score (nSPS) is 10.4. The summed E-state index contributed by atoms with van der Waals surface area (Å²) in [4.78, 5) is 2.24. The van der Waals surface area contributed by atoms with Crippen molar-refractivity contribution in [3.8, 4) is 5.75 Å². The molecule has 2 N–H and O–H groups in total. The largest absolute Gasteiger partial charge is 0.492 e. The number of ether oxygens (including phenoxy) is 1. The molecule has 0 aliphatic rings. The van der Waals surface area contributed by atoms with Gasteiger partial charge in [0.25, 0.3) is 0 Å². The summed E-state index contributed by atoms with van der Waals surface area (Å²) in [6.07, 6.45) is 2.22. The average molecular weight is 284 g/mol. The molecule has 0 aromatic heterocycles. The van der Waals surface area contributed by atoms with Gasteiger partial charge in [0.1, 0.15) is 5.75 Å². The highest BCUT2D eigenvalue weighted by Gasteiger charge is 2.06. The quantitative estimate of drug-likeness (QED) is 0.787. The van der Waals surface area contributed by atoms with Crippen molar-refractivity contribution in [2.24, 2.45) is 0 Å². The highest BCUT2D eigenvalue weighted by atomic mass is 16.5. The lowest BCUT2D eigenvalue weighted by Gasteiger charge is -2.20. The zero-order valence-corrected chi connectivity index (χ0v) is 12.9. The van der Waals surface area contributed by atoms with Gasteiger partial charge in [-0.05, 0) is 37.5 Å². The summed E-state index contributed by atoms with van der Waals surface area (Å²) in [5.41, 5.74) is 9.13. The Bertz CT molecular complexity index is 554. The number of nitrogen functional groups attached to an aromatic ring is 1. The number of rotatable bonds is 7. The van der Waals surface area contributed by atoms with Crippen LogP contribution in [-0.2, 0) is 6.42 Å². The van der Waals surface area contributed by atoms with Crippen LogP contribution in [-0.4, -0.2) is 20.2 Å². The van der Waals surface area contributed by atoms with Crippen LogP contribution in [0.4, 0.5) is 11.4 Å². The molecule has 0 fully saturated rings. The summed E-state index contributed by atoms with van der Waals surface area (Å²) in [7, 11) is 2.10. The topological polar surface area (TPSA) is 38.5 Å². The highest BCUT2D eigenvalue weighted by molar-refractivity contribution is 5.62. The van der Waals surface area contributed by atoms with Crippen LogP contribution in [0.3, 0.4) is 0 Å². The summed E-state index contributed by atoms with van der Waals surface area (Å²) in [6.45, 7) is 3.60. The second-order valence-corrected chi connectivity index (χ2v) is 5.17. The minimum Gasteiger partial charge on any atom is -0.492 e. The van der Waals surface area contributed by atoms with Gasteiger partial charge in [-0.3, -0.25) is 0 Å². The van der Waals surface area contributed by atoms with Crippen molar-refractivity contribution < 1.29 is 4.74 Å². The number of hydrogen-bond acceptors (Lipinski definition) is 3. The van der Waals surface area contributed by atoms with Gasteiger partial charge >= 0.3 is 0 Å². The Balaban J connectivity index is 1.91. The molecular weight excluding hydrogens is 260 g/mol. The smallest absolute Gasteiger partial charge is 0.144 e. The van der Waals surface area contributed by atoms with E-state index in [9.17, 15) is 0 Å². The fraction of sp³-hybridized carbons (Fsp3) is 0.333. The summed E-state index contributed by atoms with van der Waals surface area (Å²) >= 11 is 0. The van der Waals surface area contributed by atoms with Crippen LogP contribution in [0.15, 0.2) is 48.5 Å². The van der Waals surface area contributed by atoms with Gasteiger partial charge in [-0.2, -0.15) is 0 Å². The molecule has 0 saturated carbocycles. The molecule has 0 aliphatic carbocycles. The molecule has 112 valence electrons. The van der Waals surface area contributed by atoms with Gasteiger partial charge in [-0.15, -0.1) is 0 Å². The Hall–Kier alpha value is -2.16. The third-order valence-electron chi connectivity index (χ3n) is 3.54. The Morgan fingerprint density at radius 2 is 1.86 bits per heavy atom. The molecule has 21 heavy (non-hydrogen) atoms. The van der Waals surface area contributed by atoms with E-state index >= 15 is 0 Å². The lowest BCUT2D eigenvalue weighted by Crippen LogP contribution is -2.19. The van der Waals surface area contributed by atoms with Crippen molar-refractivity contribution in [3.63, 3.8) is 0 Å². The fourth-order valence-corrected chi connectivity index (χ4v) is 2.34. The van der Waals surface area contributed by atoms with E-state index in [4.69, 9.17) is 10.5 Å². The molecule has 0 heterocycles. The molecule has 0 saturated heterocycles. The lowest BCUT2D eigenvalue weighted by atomic mass is 10.1. The van der Waals surface area contributed by atoms with E-state index < -0.39 is 0 Å². The first kappa shape index (κ1) is 15.2. The van der Waals surface area contributed by atoms with E-state index in [2.05, 4.69) is 42.3 Å². The summed E-state index contributed by atoms with van der Waals surface area (Å²) < 4.78 is 5.55. The van der Waals surface area contributed by atoms with Crippen LogP contribution in [0.5, 0.6) is 5.75 Å². The van der Waals surface area contributed by atoms with Gasteiger partial charge in [0.2, 0.25) is 0 Å². The minimum absolute atomic E-state index is 0.630. The molecule has 2 aromatic carbocycles. The summed E-state index contributed by atoms with van der Waals surface area (Å²) in [5.74, 6) is 0.768. The van der Waals surface area contributed by atoms with E-state index in [0.29, 0.717) is 12.3 Å². The van der Waals surface area contributed by atoms with Crippen molar-refractivity contribution in [2.45, 2.75) is 19.8 Å². The zero-order valence-electron chi connectivity index (χ0n) is 12.9. The molecule has 2 rings (SSSR count). The summed E-state index contributed by atoms with van der Waals surface area (Å²) in [5, 5.41) is 0. The van der Waals surface area contributed by atoms with Crippen LogP contribution in [0, 0.1) is 0 Å². The third kappa shape index (κ3) is 4.42. The van der Waals surface area contributed by atoms with E-state index in [1.165, 1.54) is 5.56 Å². The van der Waals surface area contributed by atoms with Crippen LogP contribution in [0.1, 0.15) is 18.9 Å². The molecular formula is C18H24N2O. The molecule has 2 aromatic rings. The number of nitrogens with zero attached hydrogens (tertiary/aromatic N) is 1. The van der Waals surface area contributed by atoms with Crippen molar-refractivity contribution in [2.75, 3.05) is 30.8 Å². The number of hydrogen-bond donors (Lipinski definition) is 1. The van der Waals surface area contributed by atoms with Gasteiger partial charge in [0.05, 0.1) is 12.3 Å². The van der Waals surface area contributed by atoms with Crippen LogP contribution < -0.4 is 15.4 Å². The van der Waals surface area contributed by atoms with Crippen molar-refractivity contribution in [1.82, 2.24) is 0 Å². The molecule has 0 aliphatic heterocycles. The van der Waals surface area contributed by atoms with Crippen LogP contribution in [0.25, 0.3) is 0 Å². The van der Waals surface area contributed by atoms with E-state index in [1.54, 1.807) is 0 Å². The zero-order chi connectivity index (χ0) is 15.1. The Morgan fingerprint density at radius 3 is 2.57 bits per heavy atom. The Kier molecular flexibility index (Phi) is 5.50. The summed E-state index contributed by atoms with van der Waals surface area (Å²) in [6, 6.07) is 16.6. The third-order valence-corrected chi connectivity index (χ3v) is 3.54. The van der Waals surface area contributed by atoms with Gasteiger partial charge in [0.15, 0.2) is 0 Å². The van der Waals surface area contributed by atoms with E-state index in [-0.39, 0.29) is 0 Å². The fourth-order valence-electron chi connectivity index (χ4n) is 2.34. The van der Waals surface area contributed by atoms with Crippen molar-refractivity contribution in [3.05, 3.63) is 54.1 Å². The molecule has 0 bridgehead atoms. The minimum atomic E-state index is 0.630. The van der Waals surface area contributed by atoms with Crippen molar-refractivity contribution >= 4 is 11.4 Å². The van der Waals surface area contributed by atoms with Gasteiger partial charge < -0.3 is 15.4 Å². The standard InChI is InChI=1S/C18H24N2O/c1-3-21-18-14-16(11-12-17(18)19)20(2)13-7-10-15-8-5-4-6-9-15/h4-6,8-9,11-12,14H,3,7,10,13,19H2,1-2H3. The SMILES string of the molecule is CCOc1cc(N(C)CCCc2ccccc2)ccc1N. The lowest BCUT2D eigenvalue weighted by molar-refractivity contribution is 0.342. The number of benzene rings is 2.